The van der Waals surface area contributed by atoms with Crippen molar-refractivity contribution >= 4 is 44.5 Å². The number of benzene rings is 3. The minimum Gasteiger partial charge on any atom is -0.383 e. The number of dihydropyridines is 1. The smallest absolute Gasteiger partial charge is 0.0625 e. The molecule has 2 heteroatoms. The maximum atomic E-state index is 3.56. The van der Waals surface area contributed by atoms with E-state index in [1.807, 2.05) is 11.8 Å². The molecule has 3 aromatic rings. The number of thioether (sulfide) groups is 1. The molecule has 1 nitrogen and oxygen atoms in total. The van der Waals surface area contributed by atoms with Gasteiger partial charge < -0.3 is 5.32 Å². The number of rotatable bonds is 9. The van der Waals surface area contributed by atoms with E-state index in [0.717, 1.165) is 6.42 Å². The molecule has 5 rings (SSSR count). The van der Waals surface area contributed by atoms with Crippen molar-refractivity contribution < 1.29 is 0 Å². The van der Waals surface area contributed by atoms with Crippen LogP contribution in [0.2, 0.25) is 0 Å². The second-order valence-corrected chi connectivity index (χ2v) is 14.1. The second-order valence-electron chi connectivity index (χ2n) is 13.0. The Balaban J connectivity index is 1.66. The number of hydrogen-bond donors (Lipinski definition) is 1. The molecule has 2 unspecified atom stereocenters. The van der Waals surface area contributed by atoms with E-state index in [2.05, 4.69) is 182 Å². The van der Waals surface area contributed by atoms with E-state index >= 15 is 0 Å². The molecule has 0 saturated carbocycles. The summed E-state index contributed by atoms with van der Waals surface area (Å²) < 4.78 is 0. The second kappa shape index (κ2) is 15.5. The quantitative estimate of drug-likeness (QED) is 0.185. The Morgan fingerprint density at radius 3 is 2.09 bits per heavy atom. The SMILES string of the molecule is CC\C(C)=C/C(=C\C=C(C)\C(C)=C(C)\C=C/C=C(C)C)c1c2ccccc2c(C2=CSC(C3NC=CC=C3C)C=C2)c2ccccc12. The predicted octanol–water partition coefficient (Wildman–Crippen LogP) is 13.0. The van der Waals surface area contributed by atoms with E-state index in [1.165, 1.54) is 77.3 Å². The number of fused-ring (bicyclic) bond motifs is 2. The average Bonchev–Trinajstić information content (AvgIpc) is 3.08. The Bertz CT molecular complexity index is 1920. The summed E-state index contributed by atoms with van der Waals surface area (Å²) in [4.78, 5) is 0. The van der Waals surface area contributed by atoms with Crippen LogP contribution < -0.4 is 5.32 Å². The van der Waals surface area contributed by atoms with Gasteiger partial charge in [0, 0.05) is 0 Å². The maximum absolute atomic E-state index is 3.56. The van der Waals surface area contributed by atoms with Gasteiger partial charge in [0.05, 0.1) is 11.3 Å². The number of nitrogens with one attached hydrogen (secondary N) is 1. The third-order valence-corrected chi connectivity index (χ3v) is 10.4. The summed E-state index contributed by atoms with van der Waals surface area (Å²) >= 11 is 1.91. The first-order valence-electron chi connectivity index (χ1n) is 16.8. The Labute approximate surface area is 287 Å². The molecular weight excluding hydrogens is 587 g/mol. The highest BCUT2D eigenvalue weighted by Gasteiger charge is 2.24. The molecule has 3 aromatic carbocycles. The molecule has 0 aromatic heterocycles. The van der Waals surface area contributed by atoms with Gasteiger partial charge in [-0.25, -0.2) is 0 Å². The molecule has 2 aliphatic rings. The van der Waals surface area contributed by atoms with Crippen LogP contribution in [0.4, 0.5) is 0 Å². The van der Waals surface area contributed by atoms with Crippen LogP contribution in [-0.2, 0) is 0 Å². The molecule has 1 N–H and O–H groups in total. The minimum absolute atomic E-state index is 0.309. The maximum Gasteiger partial charge on any atom is 0.0625 e. The van der Waals surface area contributed by atoms with Crippen molar-refractivity contribution in [3.8, 4) is 0 Å². The van der Waals surface area contributed by atoms with Gasteiger partial charge in [0.1, 0.15) is 0 Å². The summed E-state index contributed by atoms with van der Waals surface area (Å²) in [6.45, 7) is 17.6. The lowest BCUT2D eigenvalue weighted by Gasteiger charge is -2.29. The first kappa shape index (κ1) is 34.1. The van der Waals surface area contributed by atoms with Crippen molar-refractivity contribution in [1.82, 2.24) is 5.32 Å². The fraction of sp³-hybridized carbons (Fsp3) is 0.244. The molecular formula is C45H49NS. The zero-order valence-corrected chi connectivity index (χ0v) is 30.1. The highest BCUT2D eigenvalue weighted by Crippen LogP contribution is 2.43. The van der Waals surface area contributed by atoms with Crippen LogP contribution in [-0.4, -0.2) is 11.3 Å². The molecule has 2 aliphatic heterocycles. The van der Waals surface area contributed by atoms with Gasteiger partial charge in [-0.3, -0.25) is 0 Å². The van der Waals surface area contributed by atoms with E-state index in [0.29, 0.717) is 11.3 Å². The monoisotopic (exact) mass is 635 g/mol. The Morgan fingerprint density at radius 1 is 0.851 bits per heavy atom. The van der Waals surface area contributed by atoms with Crippen molar-refractivity contribution in [2.24, 2.45) is 0 Å². The van der Waals surface area contributed by atoms with Crippen LogP contribution in [0.3, 0.4) is 0 Å². The molecule has 0 spiro atoms. The number of hydrogen-bond acceptors (Lipinski definition) is 2. The van der Waals surface area contributed by atoms with Crippen molar-refractivity contribution in [3.05, 3.63) is 165 Å². The van der Waals surface area contributed by atoms with E-state index in [1.54, 1.807) is 0 Å². The first-order chi connectivity index (χ1) is 22.7. The van der Waals surface area contributed by atoms with E-state index < -0.39 is 0 Å². The molecule has 47 heavy (non-hydrogen) atoms. The molecule has 0 bridgehead atoms. The summed E-state index contributed by atoms with van der Waals surface area (Å²) in [6.07, 6.45) is 25.6. The largest absolute Gasteiger partial charge is 0.383 e. The average molecular weight is 636 g/mol. The summed E-state index contributed by atoms with van der Waals surface area (Å²) in [5.41, 5.74) is 13.0. The van der Waals surface area contributed by atoms with Crippen molar-refractivity contribution in [2.75, 3.05) is 0 Å². The zero-order valence-electron chi connectivity index (χ0n) is 29.3. The van der Waals surface area contributed by atoms with Crippen LogP contribution >= 0.6 is 11.8 Å². The molecule has 0 fully saturated rings. The predicted molar refractivity (Wildman–Crippen MR) is 212 cm³/mol. The molecule has 2 atom stereocenters. The molecule has 2 heterocycles. The molecule has 0 radical (unpaired) electrons. The topological polar surface area (TPSA) is 12.0 Å². The van der Waals surface area contributed by atoms with Crippen molar-refractivity contribution in [1.29, 1.82) is 0 Å². The molecule has 240 valence electrons. The van der Waals surface area contributed by atoms with E-state index in [9.17, 15) is 0 Å². The summed E-state index contributed by atoms with van der Waals surface area (Å²) in [7, 11) is 0. The Hall–Kier alpha value is -4.27. The third-order valence-electron chi connectivity index (χ3n) is 9.31. The van der Waals surface area contributed by atoms with E-state index in [4.69, 9.17) is 0 Å². The lowest BCUT2D eigenvalue weighted by molar-refractivity contribution is 0.677. The summed E-state index contributed by atoms with van der Waals surface area (Å²) in [5, 5.41) is 11.4. The zero-order chi connectivity index (χ0) is 33.5. The van der Waals surface area contributed by atoms with Crippen LogP contribution in [0.15, 0.2) is 154 Å². The Morgan fingerprint density at radius 2 is 1.51 bits per heavy atom. The lowest BCUT2D eigenvalue weighted by atomic mass is 9.85. The third kappa shape index (κ3) is 7.83. The first-order valence-corrected chi connectivity index (χ1v) is 17.8. The standard InChI is InChI=1S/C45H49NS/c1-9-31(4)28-36(24-23-33(6)35(8)32(5)17-14-16-30(2)3)43-38-19-10-12-21-40(38)44(41-22-13-11-20-39(41)43)37-25-26-42(47-29-37)45-34(7)18-15-27-46-45/h10-29,42,45-46H,9H2,1-8H3/b17-14-,31-28-,33-23+,35-32+,36-24+. The van der Waals surface area contributed by atoms with Gasteiger partial charge in [-0.1, -0.05) is 121 Å². The molecule has 0 amide bonds. The van der Waals surface area contributed by atoms with Crippen LogP contribution in [0.25, 0.3) is 32.7 Å². The number of allylic oxidation sites excluding steroid dienone is 16. The summed E-state index contributed by atoms with van der Waals surface area (Å²) in [5.74, 6) is 0. The van der Waals surface area contributed by atoms with Gasteiger partial charge in [0.2, 0.25) is 0 Å². The van der Waals surface area contributed by atoms with Crippen molar-refractivity contribution in [3.63, 3.8) is 0 Å². The van der Waals surface area contributed by atoms with Gasteiger partial charge in [-0.2, -0.15) is 0 Å². The van der Waals surface area contributed by atoms with Crippen LogP contribution in [0, 0.1) is 0 Å². The molecule has 0 aliphatic carbocycles. The van der Waals surface area contributed by atoms with Gasteiger partial charge in [-0.15, -0.1) is 11.8 Å². The van der Waals surface area contributed by atoms with Gasteiger partial charge >= 0.3 is 0 Å². The minimum atomic E-state index is 0.309. The van der Waals surface area contributed by atoms with Crippen LogP contribution in [0.1, 0.15) is 72.9 Å². The Kier molecular flexibility index (Phi) is 11.3. The van der Waals surface area contributed by atoms with Gasteiger partial charge in [-0.05, 0) is 139 Å². The van der Waals surface area contributed by atoms with Gasteiger partial charge in [0.15, 0.2) is 0 Å². The molecule has 0 saturated heterocycles. The fourth-order valence-corrected chi connectivity index (χ4v) is 7.32. The van der Waals surface area contributed by atoms with Crippen molar-refractivity contribution in [2.45, 2.75) is 73.1 Å². The fourth-order valence-electron chi connectivity index (χ4n) is 6.20. The summed E-state index contributed by atoms with van der Waals surface area (Å²) in [6, 6.07) is 18.2. The highest BCUT2D eigenvalue weighted by molar-refractivity contribution is 8.03. The van der Waals surface area contributed by atoms with Crippen LogP contribution in [0.5, 0.6) is 0 Å². The highest BCUT2D eigenvalue weighted by atomic mass is 32.2. The van der Waals surface area contributed by atoms with Gasteiger partial charge in [0.25, 0.3) is 0 Å². The lowest BCUT2D eigenvalue weighted by Crippen LogP contribution is -2.36. The normalized spacial score (nSPS) is 19.5. The van der Waals surface area contributed by atoms with E-state index in [-0.39, 0.29) is 0 Å².